The summed E-state index contributed by atoms with van der Waals surface area (Å²) in [5.74, 6) is 0.782. The quantitative estimate of drug-likeness (QED) is 0.669. The first-order valence-electron chi connectivity index (χ1n) is 7.49. The van der Waals surface area contributed by atoms with Crippen LogP contribution in [-0.2, 0) is 4.79 Å². The van der Waals surface area contributed by atoms with Gasteiger partial charge in [-0.1, -0.05) is 41.4 Å². The molecule has 0 heterocycles. The highest BCUT2D eigenvalue weighted by atomic mass is 35.5. The van der Waals surface area contributed by atoms with Gasteiger partial charge in [0, 0.05) is 6.42 Å². The summed E-state index contributed by atoms with van der Waals surface area (Å²) in [5.41, 5.74) is 1.71. The summed E-state index contributed by atoms with van der Waals surface area (Å²) < 4.78 is 5.65. The Morgan fingerprint density at radius 3 is 2.70 bits per heavy atom. The highest BCUT2D eigenvalue weighted by Gasteiger charge is 2.08. The third-order valence-electron chi connectivity index (χ3n) is 3.28. The molecule has 5 heteroatoms. The fraction of sp³-hybridized carbons (Fsp3) is 0.278. The normalized spacial score (nSPS) is 10.4. The third kappa shape index (κ3) is 5.77. The van der Waals surface area contributed by atoms with Crippen LogP contribution in [0.2, 0.25) is 10.0 Å². The van der Waals surface area contributed by atoms with Crippen molar-refractivity contribution in [1.82, 2.24) is 0 Å². The SMILES string of the molecule is Cc1cccc(OCCCCC(=O)Nc2cccc(Cl)c2Cl)c1. The van der Waals surface area contributed by atoms with Crippen LogP contribution < -0.4 is 10.1 Å². The molecule has 23 heavy (non-hydrogen) atoms. The van der Waals surface area contributed by atoms with E-state index in [9.17, 15) is 4.79 Å². The molecule has 1 N–H and O–H groups in total. The Labute approximate surface area is 146 Å². The van der Waals surface area contributed by atoms with Gasteiger partial charge in [0.25, 0.3) is 0 Å². The van der Waals surface area contributed by atoms with E-state index in [1.165, 1.54) is 5.56 Å². The van der Waals surface area contributed by atoms with Gasteiger partial charge in [0.15, 0.2) is 0 Å². The van der Waals surface area contributed by atoms with E-state index in [0.29, 0.717) is 28.8 Å². The molecular formula is C18H19Cl2NO2. The molecule has 2 rings (SSSR count). The number of rotatable bonds is 7. The summed E-state index contributed by atoms with van der Waals surface area (Å²) in [6.45, 7) is 2.62. The Hall–Kier alpha value is -1.71. The molecular weight excluding hydrogens is 333 g/mol. The molecule has 0 aliphatic heterocycles. The Balaban J connectivity index is 1.68. The average Bonchev–Trinajstić information content (AvgIpc) is 2.51. The number of benzene rings is 2. The molecule has 2 aromatic carbocycles. The van der Waals surface area contributed by atoms with Crippen LogP contribution >= 0.6 is 23.2 Å². The van der Waals surface area contributed by atoms with Gasteiger partial charge in [-0.3, -0.25) is 4.79 Å². The maximum absolute atomic E-state index is 11.9. The topological polar surface area (TPSA) is 38.3 Å². The number of anilines is 1. The van der Waals surface area contributed by atoms with Gasteiger partial charge in [-0.2, -0.15) is 0 Å². The molecule has 0 saturated carbocycles. The Morgan fingerprint density at radius 1 is 1.13 bits per heavy atom. The van der Waals surface area contributed by atoms with Gasteiger partial charge < -0.3 is 10.1 Å². The van der Waals surface area contributed by atoms with E-state index in [2.05, 4.69) is 5.32 Å². The van der Waals surface area contributed by atoms with Crippen molar-refractivity contribution < 1.29 is 9.53 Å². The number of carbonyl (C=O) groups excluding carboxylic acids is 1. The number of unbranched alkanes of at least 4 members (excludes halogenated alkanes) is 1. The first kappa shape index (κ1) is 17.6. The molecule has 1 amide bonds. The van der Waals surface area contributed by atoms with E-state index in [1.54, 1.807) is 18.2 Å². The molecule has 0 aliphatic carbocycles. The van der Waals surface area contributed by atoms with E-state index in [0.717, 1.165) is 18.6 Å². The molecule has 122 valence electrons. The van der Waals surface area contributed by atoms with E-state index >= 15 is 0 Å². The summed E-state index contributed by atoms with van der Waals surface area (Å²) in [6.07, 6.45) is 1.97. The molecule has 0 atom stereocenters. The van der Waals surface area contributed by atoms with E-state index < -0.39 is 0 Å². The fourth-order valence-corrected chi connectivity index (χ4v) is 2.44. The van der Waals surface area contributed by atoms with Gasteiger partial charge in [0.1, 0.15) is 5.75 Å². The summed E-state index contributed by atoms with van der Waals surface area (Å²) in [6, 6.07) is 13.1. The molecule has 0 bridgehead atoms. The molecule has 0 radical (unpaired) electrons. The maximum atomic E-state index is 11.9. The fourth-order valence-electron chi connectivity index (χ4n) is 2.10. The number of ether oxygens (including phenoxy) is 1. The van der Waals surface area contributed by atoms with Crippen LogP contribution in [0, 0.1) is 6.92 Å². The lowest BCUT2D eigenvalue weighted by Gasteiger charge is -2.09. The molecule has 0 unspecified atom stereocenters. The third-order valence-corrected chi connectivity index (χ3v) is 4.10. The van der Waals surface area contributed by atoms with Crippen molar-refractivity contribution in [3.63, 3.8) is 0 Å². The second-order valence-corrected chi connectivity index (χ2v) is 6.06. The zero-order valence-electron chi connectivity index (χ0n) is 12.9. The minimum atomic E-state index is -0.0790. The van der Waals surface area contributed by atoms with Gasteiger partial charge in [0.05, 0.1) is 22.3 Å². The zero-order valence-corrected chi connectivity index (χ0v) is 14.5. The second kappa shape index (κ2) is 8.80. The predicted octanol–water partition coefficient (Wildman–Crippen LogP) is 5.49. The lowest BCUT2D eigenvalue weighted by molar-refractivity contribution is -0.116. The zero-order chi connectivity index (χ0) is 16.7. The number of aryl methyl sites for hydroxylation is 1. The highest BCUT2D eigenvalue weighted by molar-refractivity contribution is 6.43. The summed E-state index contributed by atoms with van der Waals surface area (Å²) in [7, 11) is 0. The van der Waals surface area contributed by atoms with Crippen LogP contribution in [0.1, 0.15) is 24.8 Å². The van der Waals surface area contributed by atoms with Gasteiger partial charge in [-0.25, -0.2) is 0 Å². The number of amides is 1. The summed E-state index contributed by atoms with van der Waals surface area (Å²) >= 11 is 11.9. The van der Waals surface area contributed by atoms with Gasteiger partial charge >= 0.3 is 0 Å². The molecule has 0 fully saturated rings. The Morgan fingerprint density at radius 2 is 1.91 bits per heavy atom. The minimum Gasteiger partial charge on any atom is -0.494 e. The van der Waals surface area contributed by atoms with Crippen molar-refractivity contribution in [2.45, 2.75) is 26.2 Å². The number of halogens is 2. The Bertz CT molecular complexity index is 674. The smallest absolute Gasteiger partial charge is 0.224 e. The van der Waals surface area contributed by atoms with Crippen LogP contribution in [-0.4, -0.2) is 12.5 Å². The molecule has 3 nitrogen and oxygen atoms in total. The van der Waals surface area contributed by atoms with Crippen molar-refractivity contribution in [2.75, 3.05) is 11.9 Å². The van der Waals surface area contributed by atoms with Crippen LogP contribution in [0.5, 0.6) is 5.75 Å². The van der Waals surface area contributed by atoms with Crippen molar-refractivity contribution >= 4 is 34.8 Å². The second-order valence-electron chi connectivity index (χ2n) is 5.27. The molecule has 0 aliphatic rings. The number of hydrogen-bond acceptors (Lipinski definition) is 2. The van der Waals surface area contributed by atoms with E-state index in [4.69, 9.17) is 27.9 Å². The molecule has 0 spiro atoms. The van der Waals surface area contributed by atoms with Gasteiger partial charge in [-0.05, 0) is 49.6 Å². The Kier molecular flexibility index (Phi) is 6.75. The molecule has 0 aromatic heterocycles. The monoisotopic (exact) mass is 351 g/mol. The maximum Gasteiger partial charge on any atom is 0.224 e. The predicted molar refractivity (Wildman–Crippen MR) is 95.6 cm³/mol. The van der Waals surface area contributed by atoms with Gasteiger partial charge in [0.2, 0.25) is 5.91 Å². The standard InChI is InChI=1S/C18H19Cl2NO2/c1-13-6-4-7-14(12-13)23-11-3-2-10-17(22)21-16-9-5-8-15(19)18(16)20/h4-9,12H,2-3,10-11H2,1H3,(H,21,22). The average molecular weight is 352 g/mol. The van der Waals surface area contributed by atoms with E-state index in [-0.39, 0.29) is 5.91 Å². The van der Waals surface area contributed by atoms with Crippen molar-refractivity contribution in [1.29, 1.82) is 0 Å². The van der Waals surface area contributed by atoms with Crippen LogP contribution in [0.15, 0.2) is 42.5 Å². The van der Waals surface area contributed by atoms with E-state index in [1.807, 2.05) is 31.2 Å². The minimum absolute atomic E-state index is 0.0790. The number of nitrogens with one attached hydrogen (secondary N) is 1. The highest BCUT2D eigenvalue weighted by Crippen LogP contribution is 2.29. The van der Waals surface area contributed by atoms with Crippen LogP contribution in [0.3, 0.4) is 0 Å². The molecule has 0 saturated heterocycles. The lowest BCUT2D eigenvalue weighted by atomic mass is 10.2. The summed E-state index contributed by atoms with van der Waals surface area (Å²) in [5, 5.41) is 3.56. The van der Waals surface area contributed by atoms with Crippen LogP contribution in [0.4, 0.5) is 5.69 Å². The first-order valence-corrected chi connectivity index (χ1v) is 8.25. The van der Waals surface area contributed by atoms with Crippen molar-refractivity contribution in [3.05, 3.63) is 58.1 Å². The largest absolute Gasteiger partial charge is 0.494 e. The summed E-state index contributed by atoms with van der Waals surface area (Å²) in [4.78, 5) is 11.9. The number of carbonyl (C=O) groups is 1. The van der Waals surface area contributed by atoms with Crippen molar-refractivity contribution in [2.24, 2.45) is 0 Å². The first-order chi connectivity index (χ1) is 11.1. The van der Waals surface area contributed by atoms with Crippen molar-refractivity contribution in [3.8, 4) is 5.75 Å². The van der Waals surface area contributed by atoms with Crippen LogP contribution in [0.25, 0.3) is 0 Å². The number of hydrogen-bond donors (Lipinski definition) is 1. The molecule has 2 aromatic rings. The van der Waals surface area contributed by atoms with Gasteiger partial charge in [-0.15, -0.1) is 0 Å². The lowest BCUT2D eigenvalue weighted by Crippen LogP contribution is -2.12.